The van der Waals surface area contributed by atoms with Crippen LogP contribution in [0.3, 0.4) is 0 Å². The number of ether oxygens (including phenoxy) is 2. The first kappa shape index (κ1) is 23.9. The van der Waals surface area contributed by atoms with Crippen molar-refractivity contribution in [1.82, 2.24) is 15.0 Å². The van der Waals surface area contributed by atoms with Gasteiger partial charge in [0.05, 0.1) is 11.1 Å². The van der Waals surface area contributed by atoms with Gasteiger partial charge < -0.3 is 20.5 Å². The monoisotopic (exact) mass is 463 g/mol. The van der Waals surface area contributed by atoms with E-state index < -0.39 is 5.60 Å². The van der Waals surface area contributed by atoms with E-state index in [0.29, 0.717) is 24.0 Å². The Morgan fingerprint density at radius 3 is 2.56 bits per heavy atom. The lowest BCUT2D eigenvalue weighted by Gasteiger charge is -2.30. The second-order valence-electron chi connectivity index (χ2n) is 9.66. The van der Waals surface area contributed by atoms with Gasteiger partial charge in [-0.05, 0) is 75.6 Å². The van der Waals surface area contributed by atoms with Gasteiger partial charge in [0.25, 0.3) is 6.47 Å². The minimum Gasteiger partial charge on any atom is -0.474 e. The van der Waals surface area contributed by atoms with Crippen molar-refractivity contribution in [3.63, 3.8) is 0 Å². The Labute approximate surface area is 200 Å². The Morgan fingerprint density at radius 2 is 1.91 bits per heavy atom. The van der Waals surface area contributed by atoms with E-state index in [1.807, 2.05) is 52.8 Å². The van der Waals surface area contributed by atoms with E-state index in [-0.39, 0.29) is 18.1 Å². The molecule has 0 amide bonds. The zero-order valence-electron chi connectivity index (χ0n) is 20.5. The molecule has 0 radical (unpaired) electrons. The molecule has 0 aliphatic heterocycles. The zero-order valence-corrected chi connectivity index (χ0v) is 20.5. The van der Waals surface area contributed by atoms with Crippen molar-refractivity contribution < 1.29 is 14.3 Å². The molecule has 3 aromatic heterocycles. The predicted octanol–water partition coefficient (Wildman–Crippen LogP) is 5.08. The van der Waals surface area contributed by atoms with Crippen molar-refractivity contribution in [2.24, 2.45) is 5.73 Å². The summed E-state index contributed by atoms with van der Waals surface area (Å²) < 4.78 is 11.4. The number of nitrogens with two attached hydrogens (primary N) is 1. The number of aryl methyl sites for hydroxylation is 1. The highest BCUT2D eigenvalue weighted by Crippen LogP contribution is 2.35. The summed E-state index contributed by atoms with van der Waals surface area (Å²) in [5.41, 5.74) is 8.36. The third kappa shape index (κ3) is 4.82. The van der Waals surface area contributed by atoms with E-state index in [2.05, 4.69) is 15.3 Å². The van der Waals surface area contributed by atoms with Crippen molar-refractivity contribution in [2.45, 2.75) is 77.5 Å². The van der Waals surface area contributed by atoms with E-state index in [1.165, 1.54) is 6.42 Å². The molecule has 0 spiro atoms. The Morgan fingerprint density at radius 1 is 1.15 bits per heavy atom. The number of fused-ring (bicyclic) bond motifs is 1. The molecule has 1 fully saturated rings. The molecule has 1 aliphatic carbocycles. The highest BCUT2D eigenvalue weighted by Gasteiger charge is 2.31. The number of rotatable bonds is 9. The Kier molecular flexibility index (Phi) is 6.70. The van der Waals surface area contributed by atoms with Crippen LogP contribution in [0.25, 0.3) is 10.8 Å². The number of anilines is 2. The minimum atomic E-state index is -0.685. The summed E-state index contributed by atoms with van der Waals surface area (Å²) in [6.45, 7) is 10.2. The molecule has 8 heteroatoms. The molecule has 0 saturated heterocycles. The van der Waals surface area contributed by atoms with Crippen LogP contribution < -0.4 is 15.8 Å². The molecule has 8 nitrogen and oxygen atoms in total. The fourth-order valence-electron chi connectivity index (χ4n) is 4.04. The second kappa shape index (κ2) is 9.54. The lowest BCUT2D eigenvalue weighted by Crippen LogP contribution is -2.31. The first-order valence-corrected chi connectivity index (χ1v) is 11.8. The summed E-state index contributed by atoms with van der Waals surface area (Å²) in [6.07, 6.45) is 7.10. The normalized spacial score (nSPS) is 15.9. The maximum Gasteiger partial charge on any atom is 0.293 e. The molecule has 4 rings (SSSR count). The van der Waals surface area contributed by atoms with Crippen molar-refractivity contribution in [2.75, 3.05) is 5.32 Å². The number of carbonyl (C=O) groups is 1. The molecule has 1 saturated carbocycles. The van der Waals surface area contributed by atoms with Gasteiger partial charge in [0.15, 0.2) is 0 Å². The zero-order chi connectivity index (χ0) is 24.5. The number of carbonyl (C=O) groups excluding carboxylic acids is 1. The van der Waals surface area contributed by atoms with E-state index in [4.69, 9.17) is 20.2 Å². The number of hydrogen-bond acceptors (Lipinski definition) is 8. The summed E-state index contributed by atoms with van der Waals surface area (Å²) in [4.78, 5) is 24.9. The largest absolute Gasteiger partial charge is 0.474 e. The third-order valence-electron chi connectivity index (χ3n) is 6.78. The molecule has 2 atom stereocenters. The van der Waals surface area contributed by atoms with Crippen molar-refractivity contribution in [3.05, 3.63) is 47.4 Å². The van der Waals surface area contributed by atoms with Crippen molar-refractivity contribution >= 4 is 28.9 Å². The van der Waals surface area contributed by atoms with Crippen molar-refractivity contribution in [1.29, 1.82) is 0 Å². The van der Waals surface area contributed by atoms with Gasteiger partial charge in [0.1, 0.15) is 23.3 Å². The quantitative estimate of drug-likeness (QED) is 0.422. The average molecular weight is 464 g/mol. The molecule has 3 heterocycles. The van der Waals surface area contributed by atoms with Gasteiger partial charge >= 0.3 is 0 Å². The van der Waals surface area contributed by atoms with Crippen LogP contribution in [0, 0.1) is 6.92 Å². The molecular weight excluding hydrogens is 430 g/mol. The molecule has 34 heavy (non-hydrogen) atoms. The maximum atomic E-state index is 10.9. The lowest BCUT2D eigenvalue weighted by molar-refractivity contribution is -0.142. The van der Waals surface area contributed by atoms with E-state index in [1.54, 1.807) is 12.4 Å². The molecule has 3 N–H and O–H groups in total. The number of aromatic nitrogens is 3. The van der Waals surface area contributed by atoms with Crippen LogP contribution in [0.4, 0.5) is 11.6 Å². The van der Waals surface area contributed by atoms with Gasteiger partial charge in [-0.3, -0.25) is 4.79 Å². The first-order chi connectivity index (χ1) is 16.2. The molecule has 1 aliphatic rings. The highest BCUT2D eigenvalue weighted by molar-refractivity contribution is 5.91. The van der Waals surface area contributed by atoms with E-state index >= 15 is 0 Å². The second-order valence-corrected chi connectivity index (χ2v) is 9.66. The van der Waals surface area contributed by atoms with Gasteiger partial charge in [-0.1, -0.05) is 13.0 Å². The van der Waals surface area contributed by atoms with Crippen LogP contribution in [-0.2, 0) is 9.53 Å². The smallest absolute Gasteiger partial charge is 0.293 e. The number of nitrogens with zero attached hydrogens (tertiary/aromatic N) is 3. The fourth-order valence-corrected chi connectivity index (χ4v) is 4.04. The van der Waals surface area contributed by atoms with Gasteiger partial charge in [-0.2, -0.15) is 0 Å². The van der Waals surface area contributed by atoms with Crippen LogP contribution in [-0.4, -0.2) is 33.1 Å². The van der Waals surface area contributed by atoms with Crippen LogP contribution in [0.5, 0.6) is 5.88 Å². The molecule has 180 valence electrons. The van der Waals surface area contributed by atoms with E-state index in [9.17, 15) is 4.79 Å². The predicted molar refractivity (Wildman–Crippen MR) is 132 cm³/mol. The summed E-state index contributed by atoms with van der Waals surface area (Å²) in [6, 6.07) is 5.69. The van der Waals surface area contributed by atoms with Gasteiger partial charge in [-0.15, -0.1) is 0 Å². The standard InChI is InChI=1S/C26H33N5O3/c1-15-9-10-22(31-24(15)16(2)26(4,5)33-14-32)30-23-11-19-20(17(3)27)12-29-25(21(19)13-28-23)34-18-7-6-8-18/h9-14,16-18H,6-8,27H2,1-5H3,(H,28,30,31). The third-order valence-corrected chi connectivity index (χ3v) is 6.78. The lowest BCUT2D eigenvalue weighted by atomic mass is 9.87. The SMILES string of the molecule is Cc1ccc(Nc2cc3c(C(C)N)cnc(OC4CCC4)c3cn2)nc1C(C)C(C)(C)OC=O. The van der Waals surface area contributed by atoms with Gasteiger partial charge in [0, 0.05) is 24.4 Å². The van der Waals surface area contributed by atoms with Gasteiger partial charge in [-0.25, -0.2) is 15.0 Å². The molecule has 2 unspecified atom stereocenters. The van der Waals surface area contributed by atoms with E-state index in [0.717, 1.165) is 40.4 Å². The summed E-state index contributed by atoms with van der Waals surface area (Å²) in [7, 11) is 0. The van der Waals surface area contributed by atoms with Crippen LogP contribution in [0.1, 0.15) is 75.7 Å². The number of hydrogen-bond donors (Lipinski definition) is 2. The Hall–Kier alpha value is -3.26. The van der Waals surface area contributed by atoms with Crippen LogP contribution in [0.2, 0.25) is 0 Å². The van der Waals surface area contributed by atoms with Gasteiger partial charge in [0.2, 0.25) is 5.88 Å². The topological polar surface area (TPSA) is 112 Å². The highest BCUT2D eigenvalue weighted by atomic mass is 16.5. The number of nitrogens with one attached hydrogen (secondary N) is 1. The Bertz CT molecular complexity index is 1190. The summed E-state index contributed by atoms with van der Waals surface area (Å²) >= 11 is 0. The van der Waals surface area contributed by atoms with Crippen molar-refractivity contribution in [3.8, 4) is 5.88 Å². The molecule has 0 bridgehead atoms. The average Bonchev–Trinajstić information content (AvgIpc) is 2.76. The maximum absolute atomic E-state index is 10.9. The summed E-state index contributed by atoms with van der Waals surface area (Å²) in [5.74, 6) is 1.80. The molecule has 3 aromatic rings. The van der Waals surface area contributed by atoms with Crippen LogP contribution in [0.15, 0.2) is 30.6 Å². The molecule has 0 aromatic carbocycles. The minimum absolute atomic E-state index is 0.106. The summed E-state index contributed by atoms with van der Waals surface area (Å²) in [5, 5.41) is 5.13. The molecular formula is C26H33N5O3. The fraction of sp³-hybridized carbons (Fsp3) is 0.462. The number of pyridine rings is 3. The Balaban J connectivity index is 1.67. The first-order valence-electron chi connectivity index (χ1n) is 11.8. The van der Waals surface area contributed by atoms with Crippen LogP contribution >= 0.6 is 0 Å².